The number of carbonyl (C=O) groups excluding carboxylic acids is 1. The van der Waals surface area contributed by atoms with Gasteiger partial charge in [0.05, 0.1) is 11.6 Å². The van der Waals surface area contributed by atoms with Crippen LogP contribution in [0.25, 0.3) is 0 Å². The molecule has 1 fully saturated rings. The molecule has 1 aromatic carbocycles. The monoisotopic (exact) mass is 319 g/mol. The number of rotatable bonds is 5. The molecule has 0 saturated carbocycles. The number of ether oxygens (including phenoxy) is 2. The molecular weight excluding hydrogens is 305 g/mol. The molecule has 0 bridgehead atoms. The first-order valence-corrected chi connectivity index (χ1v) is 6.89. The standard InChI is InChI=1S/C13H15Cl2NO4/c14-9-1-2-11(10(15)5-9)20-6-12(17)16-7-13(18)3-4-19-8-13/h1-2,5,18H,3-4,6-8H2,(H,16,17). The van der Waals surface area contributed by atoms with Gasteiger partial charge in [-0.05, 0) is 18.2 Å². The molecule has 0 radical (unpaired) electrons. The normalized spacial score (nSPS) is 21.8. The molecule has 20 heavy (non-hydrogen) atoms. The van der Waals surface area contributed by atoms with Crippen molar-refractivity contribution in [2.75, 3.05) is 26.4 Å². The summed E-state index contributed by atoms with van der Waals surface area (Å²) < 4.78 is 10.4. The van der Waals surface area contributed by atoms with E-state index in [2.05, 4.69) is 5.32 Å². The maximum absolute atomic E-state index is 11.6. The lowest BCUT2D eigenvalue weighted by Crippen LogP contribution is -2.44. The third-order valence-electron chi connectivity index (χ3n) is 2.95. The number of benzene rings is 1. The van der Waals surface area contributed by atoms with Gasteiger partial charge in [0, 0.05) is 24.6 Å². The van der Waals surface area contributed by atoms with Crippen molar-refractivity contribution in [3.63, 3.8) is 0 Å². The summed E-state index contributed by atoms with van der Waals surface area (Å²) in [5, 5.41) is 13.4. The predicted octanol–water partition coefficient (Wildman–Crippen LogP) is 1.64. The summed E-state index contributed by atoms with van der Waals surface area (Å²) in [5.74, 6) is 0.0467. The summed E-state index contributed by atoms with van der Waals surface area (Å²) in [4.78, 5) is 11.6. The van der Waals surface area contributed by atoms with Crippen LogP contribution < -0.4 is 10.1 Å². The van der Waals surface area contributed by atoms with Gasteiger partial charge in [-0.2, -0.15) is 0 Å². The topological polar surface area (TPSA) is 67.8 Å². The highest BCUT2D eigenvalue weighted by Crippen LogP contribution is 2.27. The van der Waals surface area contributed by atoms with Gasteiger partial charge in [-0.25, -0.2) is 0 Å². The molecule has 1 amide bonds. The Balaban J connectivity index is 1.77. The third kappa shape index (κ3) is 4.24. The molecule has 0 spiro atoms. The lowest BCUT2D eigenvalue weighted by molar-refractivity contribution is -0.124. The number of hydrogen-bond donors (Lipinski definition) is 2. The summed E-state index contributed by atoms with van der Waals surface area (Å²) in [6.07, 6.45) is 0.511. The Morgan fingerprint density at radius 2 is 2.30 bits per heavy atom. The Hall–Kier alpha value is -1.01. The van der Waals surface area contributed by atoms with E-state index in [1.54, 1.807) is 12.1 Å². The van der Waals surface area contributed by atoms with Gasteiger partial charge < -0.3 is 19.9 Å². The molecule has 7 heteroatoms. The van der Waals surface area contributed by atoms with Crippen LogP contribution in [0, 0.1) is 0 Å². The van der Waals surface area contributed by atoms with E-state index < -0.39 is 5.60 Å². The van der Waals surface area contributed by atoms with Gasteiger partial charge in [0.25, 0.3) is 5.91 Å². The van der Waals surface area contributed by atoms with Crippen LogP contribution in [-0.2, 0) is 9.53 Å². The summed E-state index contributed by atoms with van der Waals surface area (Å²) in [6.45, 7) is 0.697. The Morgan fingerprint density at radius 3 is 2.95 bits per heavy atom. The van der Waals surface area contributed by atoms with Gasteiger partial charge in [0.1, 0.15) is 11.4 Å². The van der Waals surface area contributed by atoms with E-state index in [0.29, 0.717) is 28.8 Å². The Morgan fingerprint density at radius 1 is 1.50 bits per heavy atom. The van der Waals surface area contributed by atoms with Gasteiger partial charge in [-0.3, -0.25) is 4.79 Å². The van der Waals surface area contributed by atoms with Crippen LogP contribution in [0.1, 0.15) is 6.42 Å². The average molecular weight is 320 g/mol. The Labute approximate surface area is 126 Å². The smallest absolute Gasteiger partial charge is 0.258 e. The Bertz CT molecular complexity index is 489. The number of halogens is 2. The van der Waals surface area contributed by atoms with Gasteiger partial charge >= 0.3 is 0 Å². The SMILES string of the molecule is O=C(COc1ccc(Cl)cc1Cl)NCC1(O)CCOC1. The van der Waals surface area contributed by atoms with E-state index in [0.717, 1.165) is 0 Å². The van der Waals surface area contributed by atoms with Crippen LogP contribution in [-0.4, -0.2) is 43.0 Å². The fourth-order valence-corrected chi connectivity index (χ4v) is 2.25. The highest BCUT2D eigenvalue weighted by molar-refractivity contribution is 6.35. The van der Waals surface area contributed by atoms with Crippen LogP contribution in [0.15, 0.2) is 18.2 Å². The molecule has 1 heterocycles. The second-order valence-corrected chi connectivity index (χ2v) is 5.51. The zero-order valence-electron chi connectivity index (χ0n) is 10.7. The molecule has 0 aromatic heterocycles. The molecule has 1 aliphatic rings. The summed E-state index contributed by atoms with van der Waals surface area (Å²) in [6, 6.07) is 4.75. The molecule has 2 rings (SSSR count). The van der Waals surface area contributed by atoms with Crippen molar-refractivity contribution in [1.82, 2.24) is 5.32 Å². The molecular formula is C13H15Cl2NO4. The number of nitrogens with one attached hydrogen (secondary N) is 1. The number of aliphatic hydroxyl groups is 1. The zero-order valence-corrected chi connectivity index (χ0v) is 12.2. The van der Waals surface area contributed by atoms with Crippen molar-refractivity contribution in [2.24, 2.45) is 0 Å². The van der Waals surface area contributed by atoms with Crippen molar-refractivity contribution in [3.8, 4) is 5.75 Å². The molecule has 1 atom stereocenters. The molecule has 0 aliphatic carbocycles. The third-order valence-corrected chi connectivity index (χ3v) is 3.48. The molecule has 1 saturated heterocycles. The lowest BCUT2D eigenvalue weighted by atomic mass is 10.0. The highest BCUT2D eigenvalue weighted by atomic mass is 35.5. The zero-order chi connectivity index (χ0) is 14.6. The van der Waals surface area contributed by atoms with E-state index in [-0.39, 0.29) is 25.7 Å². The maximum atomic E-state index is 11.6. The van der Waals surface area contributed by atoms with Gasteiger partial charge in [-0.15, -0.1) is 0 Å². The molecule has 110 valence electrons. The largest absolute Gasteiger partial charge is 0.482 e. The van der Waals surface area contributed by atoms with Crippen LogP contribution in [0.5, 0.6) is 5.75 Å². The first-order chi connectivity index (χ1) is 9.48. The molecule has 2 N–H and O–H groups in total. The molecule has 1 unspecified atom stereocenters. The highest BCUT2D eigenvalue weighted by Gasteiger charge is 2.32. The summed E-state index contributed by atoms with van der Waals surface area (Å²) >= 11 is 11.7. The minimum Gasteiger partial charge on any atom is -0.482 e. The van der Waals surface area contributed by atoms with Crippen molar-refractivity contribution < 1.29 is 19.4 Å². The average Bonchev–Trinajstić information content (AvgIpc) is 2.83. The minimum atomic E-state index is -0.979. The van der Waals surface area contributed by atoms with E-state index in [1.165, 1.54) is 6.07 Å². The lowest BCUT2D eigenvalue weighted by Gasteiger charge is -2.20. The van der Waals surface area contributed by atoms with Crippen molar-refractivity contribution in [2.45, 2.75) is 12.0 Å². The number of hydrogen-bond acceptors (Lipinski definition) is 4. The van der Waals surface area contributed by atoms with E-state index in [4.69, 9.17) is 32.7 Å². The summed E-state index contributed by atoms with van der Waals surface area (Å²) in [7, 11) is 0. The first kappa shape index (κ1) is 15.4. The van der Waals surface area contributed by atoms with Gasteiger partial charge in [0.15, 0.2) is 6.61 Å². The maximum Gasteiger partial charge on any atom is 0.258 e. The Kier molecular flexibility index (Phi) is 5.10. The van der Waals surface area contributed by atoms with Crippen molar-refractivity contribution >= 4 is 29.1 Å². The fraction of sp³-hybridized carbons (Fsp3) is 0.462. The first-order valence-electron chi connectivity index (χ1n) is 6.13. The number of amides is 1. The summed E-state index contributed by atoms with van der Waals surface area (Å²) in [5.41, 5.74) is -0.979. The second kappa shape index (κ2) is 6.63. The minimum absolute atomic E-state index is 0.142. The molecule has 1 aromatic rings. The van der Waals surface area contributed by atoms with Gasteiger partial charge in [-0.1, -0.05) is 23.2 Å². The van der Waals surface area contributed by atoms with E-state index in [1.807, 2.05) is 0 Å². The predicted molar refractivity (Wildman–Crippen MR) is 75.4 cm³/mol. The van der Waals surface area contributed by atoms with Crippen LogP contribution in [0.2, 0.25) is 10.0 Å². The van der Waals surface area contributed by atoms with Gasteiger partial charge in [0.2, 0.25) is 0 Å². The molecule has 5 nitrogen and oxygen atoms in total. The second-order valence-electron chi connectivity index (χ2n) is 4.67. The van der Waals surface area contributed by atoms with Crippen molar-refractivity contribution in [1.29, 1.82) is 0 Å². The fourth-order valence-electron chi connectivity index (χ4n) is 1.79. The quantitative estimate of drug-likeness (QED) is 0.865. The van der Waals surface area contributed by atoms with Crippen LogP contribution >= 0.6 is 23.2 Å². The van der Waals surface area contributed by atoms with Crippen LogP contribution in [0.4, 0.5) is 0 Å². The molecule has 1 aliphatic heterocycles. The van der Waals surface area contributed by atoms with Crippen LogP contribution in [0.3, 0.4) is 0 Å². The van der Waals surface area contributed by atoms with Crippen molar-refractivity contribution in [3.05, 3.63) is 28.2 Å². The van der Waals surface area contributed by atoms with E-state index in [9.17, 15) is 9.90 Å². The van der Waals surface area contributed by atoms with E-state index >= 15 is 0 Å². The number of carbonyl (C=O) groups is 1.